The van der Waals surface area contributed by atoms with Crippen LogP contribution in [-0.2, 0) is 19.4 Å². The minimum atomic E-state index is -3.60. The highest BCUT2D eigenvalue weighted by atomic mass is 32.2. The van der Waals surface area contributed by atoms with E-state index in [1.54, 1.807) is 6.92 Å². The van der Waals surface area contributed by atoms with Crippen molar-refractivity contribution in [3.8, 4) is 0 Å². The predicted octanol–water partition coefficient (Wildman–Crippen LogP) is 1.61. The summed E-state index contributed by atoms with van der Waals surface area (Å²) >= 11 is 0. The number of carbonyl (C=O) groups excluding carboxylic acids is 1. The van der Waals surface area contributed by atoms with Gasteiger partial charge in [0.2, 0.25) is 5.91 Å². The van der Waals surface area contributed by atoms with Gasteiger partial charge in [-0.25, -0.2) is 13.2 Å². The smallest absolute Gasteiger partial charge is 0.335 e. The fourth-order valence-corrected chi connectivity index (χ4v) is 4.45. The van der Waals surface area contributed by atoms with Gasteiger partial charge in [-0.1, -0.05) is 0 Å². The Hall–Kier alpha value is -1.93. The van der Waals surface area contributed by atoms with Gasteiger partial charge in [0, 0.05) is 18.9 Å². The number of anilines is 1. The highest BCUT2D eigenvalue weighted by Crippen LogP contribution is 2.22. The van der Waals surface area contributed by atoms with Crippen LogP contribution in [0.5, 0.6) is 0 Å². The summed E-state index contributed by atoms with van der Waals surface area (Å²) in [5.74, 6) is -1.68. The molecule has 7 nitrogen and oxygen atoms in total. The Morgan fingerprint density at radius 2 is 1.92 bits per heavy atom. The van der Waals surface area contributed by atoms with E-state index in [4.69, 9.17) is 9.84 Å². The second-order valence-electron chi connectivity index (χ2n) is 5.87. The molecule has 1 saturated heterocycles. The number of ether oxygens (including phenoxy) is 1. The molecule has 1 amide bonds. The van der Waals surface area contributed by atoms with Crippen molar-refractivity contribution in [1.29, 1.82) is 0 Å². The summed E-state index contributed by atoms with van der Waals surface area (Å²) in [6.45, 7) is 3.75. The molecule has 1 unspecified atom stereocenters. The average Bonchev–Trinajstić information content (AvgIpc) is 2.54. The van der Waals surface area contributed by atoms with Gasteiger partial charge in [0.15, 0.2) is 9.84 Å². The number of carboxylic acids is 1. The minimum absolute atomic E-state index is 0.135. The van der Waals surface area contributed by atoms with E-state index in [2.05, 4.69) is 5.32 Å². The molecule has 1 aliphatic heterocycles. The van der Waals surface area contributed by atoms with Crippen molar-refractivity contribution in [3.05, 3.63) is 29.3 Å². The van der Waals surface area contributed by atoms with E-state index in [-0.39, 0.29) is 5.56 Å². The molecule has 1 aromatic rings. The fraction of sp³-hybridized carbons (Fsp3) is 0.500. The Labute approximate surface area is 140 Å². The van der Waals surface area contributed by atoms with E-state index in [1.165, 1.54) is 25.1 Å². The molecular weight excluding hydrogens is 334 g/mol. The highest BCUT2D eigenvalue weighted by molar-refractivity contribution is 7.93. The van der Waals surface area contributed by atoms with Crippen molar-refractivity contribution in [1.82, 2.24) is 0 Å². The van der Waals surface area contributed by atoms with Crippen LogP contribution in [0.4, 0.5) is 5.69 Å². The third-order valence-corrected chi connectivity index (χ3v) is 6.82. The maximum Gasteiger partial charge on any atom is 0.335 e. The number of hydrogen-bond donors (Lipinski definition) is 2. The van der Waals surface area contributed by atoms with Crippen molar-refractivity contribution >= 4 is 27.4 Å². The molecule has 0 bridgehead atoms. The SMILES string of the molecule is Cc1cc(NC(=O)C(C)S(=O)(=O)C2CCOCC2)ccc1C(=O)O. The number of rotatable bonds is 5. The highest BCUT2D eigenvalue weighted by Gasteiger charge is 2.36. The second kappa shape index (κ2) is 7.31. The van der Waals surface area contributed by atoms with Gasteiger partial charge < -0.3 is 15.2 Å². The van der Waals surface area contributed by atoms with E-state index in [0.29, 0.717) is 37.3 Å². The van der Waals surface area contributed by atoms with E-state index in [0.717, 1.165) is 0 Å². The number of carboxylic acid groups (broad SMARTS) is 1. The van der Waals surface area contributed by atoms with Crippen LogP contribution in [0.1, 0.15) is 35.7 Å². The standard InChI is InChI=1S/C16H21NO6S/c1-10-9-12(3-4-14(10)16(19)20)17-15(18)11(2)24(21,22)13-5-7-23-8-6-13/h3-4,9,11,13H,5-8H2,1-2H3,(H,17,18)(H,19,20). The normalized spacial score (nSPS) is 17.2. The maximum atomic E-state index is 12.5. The molecule has 2 N–H and O–H groups in total. The summed E-state index contributed by atoms with van der Waals surface area (Å²) in [6.07, 6.45) is 0.790. The first kappa shape index (κ1) is 18.4. The molecule has 24 heavy (non-hydrogen) atoms. The lowest BCUT2D eigenvalue weighted by Gasteiger charge is -2.25. The first-order valence-corrected chi connectivity index (χ1v) is 9.29. The molecule has 0 aliphatic carbocycles. The number of benzene rings is 1. The van der Waals surface area contributed by atoms with Gasteiger partial charge in [0.05, 0.1) is 10.8 Å². The minimum Gasteiger partial charge on any atom is -0.478 e. The van der Waals surface area contributed by atoms with Crippen molar-refractivity contribution < 1.29 is 27.9 Å². The van der Waals surface area contributed by atoms with E-state index >= 15 is 0 Å². The molecular formula is C16H21NO6S. The van der Waals surface area contributed by atoms with E-state index in [9.17, 15) is 18.0 Å². The third kappa shape index (κ3) is 3.93. The van der Waals surface area contributed by atoms with Gasteiger partial charge in [-0.3, -0.25) is 4.79 Å². The maximum absolute atomic E-state index is 12.5. The largest absolute Gasteiger partial charge is 0.478 e. The topological polar surface area (TPSA) is 110 Å². The van der Waals surface area contributed by atoms with Crippen LogP contribution in [-0.4, -0.2) is 49.1 Å². The van der Waals surface area contributed by atoms with Gasteiger partial charge in [0.25, 0.3) is 0 Å². The van der Waals surface area contributed by atoms with Crippen LogP contribution in [0.2, 0.25) is 0 Å². The number of sulfone groups is 1. The zero-order valence-electron chi connectivity index (χ0n) is 13.6. The Morgan fingerprint density at radius 1 is 1.29 bits per heavy atom. The lowest BCUT2D eigenvalue weighted by Crippen LogP contribution is -2.41. The molecule has 2 rings (SSSR count). The number of nitrogens with one attached hydrogen (secondary N) is 1. The Balaban J connectivity index is 2.11. The monoisotopic (exact) mass is 355 g/mol. The molecule has 0 saturated carbocycles. The summed E-state index contributed by atoms with van der Waals surface area (Å²) in [7, 11) is -3.60. The average molecular weight is 355 g/mol. The number of aromatic carboxylic acids is 1. The third-order valence-electron chi connectivity index (χ3n) is 4.22. The predicted molar refractivity (Wildman–Crippen MR) is 89.0 cm³/mol. The van der Waals surface area contributed by atoms with Crippen molar-refractivity contribution in [3.63, 3.8) is 0 Å². The van der Waals surface area contributed by atoms with Gasteiger partial charge >= 0.3 is 5.97 Å². The van der Waals surface area contributed by atoms with Crippen LogP contribution >= 0.6 is 0 Å². The number of hydrogen-bond acceptors (Lipinski definition) is 5. The Bertz CT molecular complexity index is 737. The molecule has 1 fully saturated rings. The van der Waals surface area contributed by atoms with Crippen LogP contribution in [0.3, 0.4) is 0 Å². The van der Waals surface area contributed by atoms with Crippen LogP contribution in [0.15, 0.2) is 18.2 Å². The van der Waals surface area contributed by atoms with Crippen molar-refractivity contribution in [2.75, 3.05) is 18.5 Å². The molecule has 0 spiro atoms. The number of amides is 1. The van der Waals surface area contributed by atoms with Gasteiger partial charge in [-0.05, 0) is 50.5 Å². The molecule has 8 heteroatoms. The van der Waals surface area contributed by atoms with Crippen molar-refractivity contribution in [2.45, 2.75) is 37.2 Å². The molecule has 1 aliphatic rings. The molecule has 1 aromatic carbocycles. The Morgan fingerprint density at radius 3 is 2.46 bits per heavy atom. The number of carbonyl (C=O) groups is 2. The van der Waals surface area contributed by atoms with E-state index in [1.807, 2.05) is 0 Å². The number of aryl methyl sites for hydroxylation is 1. The summed E-state index contributed by atoms with van der Waals surface area (Å²) < 4.78 is 30.2. The van der Waals surface area contributed by atoms with Crippen LogP contribution in [0, 0.1) is 6.92 Å². The van der Waals surface area contributed by atoms with Gasteiger partial charge in [-0.15, -0.1) is 0 Å². The Kier molecular flexibility index (Phi) is 5.61. The molecule has 132 valence electrons. The quantitative estimate of drug-likeness (QED) is 0.830. The molecule has 0 aromatic heterocycles. The lowest BCUT2D eigenvalue weighted by molar-refractivity contribution is -0.115. The summed E-state index contributed by atoms with van der Waals surface area (Å²) in [4.78, 5) is 23.3. The first-order valence-electron chi connectivity index (χ1n) is 7.68. The van der Waals surface area contributed by atoms with Crippen molar-refractivity contribution in [2.24, 2.45) is 0 Å². The molecule has 0 radical (unpaired) electrons. The summed E-state index contributed by atoms with van der Waals surface area (Å²) in [5, 5.41) is 9.81. The van der Waals surface area contributed by atoms with Gasteiger partial charge in [-0.2, -0.15) is 0 Å². The van der Waals surface area contributed by atoms with Crippen LogP contribution < -0.4 is 5.32 Å². The van der Waals surface area contributed by atoms with Gasteiger partial charge in [0.1, 0.15) is 5.25 Å². The lowest BCUT2D eigenvalue weighted by atomic mass is 10.1. The summed E-state index contributed by atoms with van der Waals surface area (Å²) in [5.41, 5.74) is 0.993. The second-order valence-corrected chi connectivity index (χ2v) is 8.42. The fourth-order valence-electron chi connectivity index (χ4n) is 2.67. The zero-order chi connectivity index (χ0) is 17.9. The summed E-state index contributed by atoms with van der Waals surface area (Å²) in [6, 6.07) is 4.34. The molecule has 1 atom stereocenters. The first-order chi connectivity index (χ1) is 11.2. The van der Waals surface area contributed by atoms with Crippen LogP contribution in [0.25, 0.3) is 0 Å². The zero-order valence-corrected chi connectivity index (χ0v) is 14.4. The molecule has 1 heterocycles. The van der Waals surface area contributed by atoms with E-state index < -0.39 is 32.2 Å².